The topological polar surface area (TPSA) is 32.3 Å². The Morgan fingerprint density at radius 3 is 2.45 bits per heavy atom. The molecule has 0 aromatic heterocycles. The van der Waals surface area contributed by atoms with Gasteiger partial charge < -0.3 is 5.32 Å². The van der Waals surface area contributed by atoms with E-state index in [1.54, 1.807) is 12.1 Å². The van der Waals surface area contributed by atoms with Crippen molar-refractivity contribution in [3.63, 3.8) is 0 Å². The monoisotopic (exact) mass is 306 g/mol. The molecule has 22 heavy (non-hydrogen) atoms. The molecular weight excluding hydrogens is 279 g/mol. The predicted molar refractivity (Wildman–Crippen MR) is 87.3 cm³/mol. The minimum absolute atomic E-state index is 0.0701. The van der Waals surface area contributed by atoms with E-state index in [1.165, 1.54) is 31.4 Å². The van der Waals surface area contributed by atoms with Gasteiger partial charge >= 0.3 is 0 Å². The SMILES string of the molecule is CC(CC(=O)NCC(C)N1CCCCC1)c1ccc(F)cc1. The molecule has 0 saturated carbocycles. The van der Waals surface area contributed by atoms with E-state index in [4.69, 9.17) is 0 Å². The van der Waals surface area contributed by atoms with Crippen molar-refractivity contribution >= 4 is 5.91 Å². The second-order valence-electron chi connectivity index (χ2n) is 6.41. The lowest BCUT2D eigenvalue weighted by molar-refractivity contribution is -0.121. The van der Waals surface area contributed by atoms with Crippen molar-refractivity contribution in [1.29, 1.82) is 0 Å². The normalized spacial score (nSPS) is 18.7. The number of nitrogens with one attached hydrogen (secondary N) is 1. The van der Waals surface area contributed by atoms with Crippen molar-refractivity contribution in [1.82, 2.24) is 10.2 Å². The highest BCUT2D eigenvalue weighted by Gasteiger charge is 2.18. The van der Waals surface area contributed by atoms with Crippen LogP contribution in [0.3, 0.4) is 0 Å². The molecular formula is C18H27FN2O. The molecule has 2 rings (SSSR count). The van der Waals surface area contributed by atoms with Gasteiger partial charge in [0.2, 0.25) is 5.91 Å². The van der Waals surface area contributed by atoms with E-state index in [9.17, 15) is 9.18 Å². The van der Waals surface area contributed by atoms with Gasteiger partial charge in [0.15, 0.2) is 0 Å². The zero-order valence-electron chi connectivity index (χ0n) is 13.6. The number of piperidine rings is 1. The Labute approximate surface area is 132 Å². The van der Waals surface area contributed by atoms with Crippen LogP contribution in [0.1, 0.15) is 51.0 Å². The molecule has 4 heteroatoms. The minimum atomic E-state index is -0.240. The van der Waals surface area contributed by atoms with E-state index in [1.807, 2.05) is 6.92 Å². The average Bonchev–Trinajstić information content (AvgIpc) is 2.54. The van der Waals surface area contributed by atoms with Crippen molar-refractivity contribution in [3.05, 3.63) is 35.6 Å². The van der Waals surface area contributed by atoms with Crippen LogP contribution in [0, 0.1) is 5.82 Å². The van der Waals surface area contributed by atoms with Crippen LogP contribution < -0.4 is 5.32 Å². The maximum absolute atomic E-state index is 12.9. The first-order chi connectivity index (χ1) is 10.6. The highest BCUT2D eigenvalue weighted by atomic mass is 19.1. The molecule has 3 nitrogen and oxygen atoms in total. The van der Waals surface area contributed by atoms with Crippen LogP contribution in [0.4, 0.5) is 4.39 Å². The molecule has 1 aliphatic rings. The molecule has 0 bridgehead atoms. The average molecular weight is 306 g/mol. The Hall–Kier alpha value is -1.42. The second kappa shape index (κ2) is 8.28. The molecule has 1 fully saturated rings. The van der Waals surface area contributed by atoms with Crippen LogP contribution in [-0.4, -0.2) is 36.5 Å². The van der Waals surface area contributed by atoms with E-state index >= 15 is 0 Å². The lowest BCUT2D eigenvalue weighted by Gasteiger charge is -2.32. The molecule has 1 aromatic carbocycles. The third-order valence-corrected chi connectivity index (χ3v) is 4.54. The fraction of sp³-hybridized carbons (Fsp3) is 0.611. The fourth-order valence-electron chi connectivity index (χ4n) is 3.01. The van der Waals surface area contributed by atoms with Crippen molar-refractivity contribution in [2.45, 2.75) is 51.5 Å². The van der Waals surface area contributed by atoms with Crippen molar-refractivity contribution in [2.24, 2.45) is 0 Å². The lowest BCUT2D eigenvalue weighted by Crippen LogP contribution is -2.44. The second-order valence-corrected chi connectivity index (χ2v) is 6.41. The van der Waals surface area contributed by atoms with Gasteiger partial charge in [0.05, 0.1) is 0 Å². The summed E-state index contributed by atoms with van der Waals surface area (Å²) in [4.78, 5) is 14.5. The zero-order valence-corrected chi connectivity index (χ0v) is 13.6. The fourth-order valence-corrected chi connectivity index (χ4v) is 3.01. The summed E-state index contributed by atoms with van der Waals surface area (Å²) < 4.78 is 12.9. The summed E-state index contributed by atoms with van der Waals surface area (Å²) in [5.74, 6) is -0.0673. The molecule has 1 N–H and O–H groups in total. The van der Waals surface area contributed by atoms with Crippen LogP contribution in [0.5, 0.6) is 0 Å². The third kappa shape index (κ3) is 5.09. The van der Waals surface area contributed by atoms with Gasteiger partial charge in [-0.3, -0.25) is 9.69 Å². The molecule has 122 valence electrons. The molecule has 0 radical (unpaired) electrons. The Bertz CT molecular complexity index is 468. The maximum atomic E-state index is 12.9. The Kier molecular flexibility index (Phi) is 6.37. The number of likely N-dealkylation sites (tertiary alicyclic amines) is 1. The van der Waals surface area contributed by atoms with Gasteiger partial charge in [-0.15, -0.1) is 0 Å². The maximum Gasteiger partial charge on any atom is 0.220 e. The lowest BCUT2D eigenvalue weighted by atomic mass is 9.97. The van der Waals surface area contributed by atoms with Gasteiger partial charge in [-0.25, -0.2) is 4.39 Å². The quantitative estimate of drug-likeness (QED) is 0.874. The van der Waals surface area contributed by atoms with E-state index in [2.05, 4.69) is 17.1 Å². The summed E-state index contributed by atoms with van der Waals surface area (Å²) in [6.07, 6.45) is 4.29. The Morgan fingerprint density at radius 1 is 1.18 bits per heavy atom. The first-order valence-electron chi connectivity index (χ1n) is 8.32. The molecule has 0 aliphatic carbocycles. The standard InChI is InChI=1S/C18H27FN2O/c1-14(16-6-8-17(19)9-7-16)12-18(22)20-13-15(2)21-10-4-3-5-11-21/h6-9,14-15H,3-5,10-13H2,1-2H3,(H,20,22). The molecule has 1 saturated heterocycles. The smallest absolute Gasteiger partial charge is 0.220 e. The number of hydrogen-bond donors (Lipinski definition) is 1. The van der Waals surface area contributed by atoms with E-state index in [-0.39, 0.29) is 17.6 Å². The van der Waals surface area contributed by atoms with Crippen LogP contribution >= 0.6 is 0 Å². The third-order valence-electron chi connectivity index (χ3n) is 4.54. The summed E-state index contributed by atoms with van der Waals surface area (Å²) in [7, 11) is 0. The molecule has 0 spiro atoms. The van der Waals surface area contributed by atoms with Gasteiger partial charge in [0.1, 0.15) is 5.82 Å². The molecule has 2 unspecified atom stereocenters. The first kappa shape index (κ1) is 16.9. The van der Waals surface area contributed by atoms with Crippen LogP contribution in [-0.2, 0) is 4.79 Å². The largest absolute Gasteiger partial charge is 0.355 e. The number of rotatable bonds is 6. The van der Waals surface area contributed by atoms with Crippen molar-refractivity contribution < 1.29 is 9.18 Å². The number of benzene rings is 1. The minimum Gasteiger partial charge on any atom is -0.355 e. The van der Waals surface area contributed by atoms with E-state index < -0.39 is 0 Å². The van der Waals surface area contributed by atoms with Gasteiger partial charge in [-0.1, -0.05) is 25.5 Å². The number of carbonyl (C=O) groups excluding carboxylic acids is 1. The summed E-state index contributed by atoms with van der Waals surface area (Å²) in [6, 6.07) is 6.79. The van der Waals surface area contributed by atoms with Gasteiger partial charge in [-0.05, 0) is 56.5 Å². The first-order valence-corrected chi connectivity index (χ1v) is 8.32. The van der Waals surface area contributed by atoms with E-state index in [0.717, 1.165) is 18.7 Å². The van der Waals surface area contributed by atoms with Gasteiger partial charge in [-0.2, -0.15) is 0 Å². The Morgan fingerprint density at radius 2 is 1.82 bits per heavy atom. The van der Waals surface area contributed by atoms with Crippen LogP contribution in [0.15, 0.2) is 24.3 Å². The highest BCUT2D eigenvalue weighted by molar-refractivity contribution is 5.76. The van der Waals surface area contributed by atoms with Crippen LogP contribution in [0.25, 0.3) is 0 Å². The Balaban J connectivity index is 1.73. The van der Waals surface area contributed by atoms with Gasteiger partial charge in [0, 0.05) is 19.0 Å². The number of hydrogen-bond acceptors (Lipinski definition) is 2. The van der Waals surface area contributed by atoms with Crippen molar-refractivity contribution in [3.8, 4) is 0 Å². The zero-order chi connectivity index (χ0) is 15.9. The van der Waals surface area contributed by atoms with E-state index in [0.29, 0.717) is 19.0 Å². The van der Waals surface area contributed by atoms with Crippen molar-refractivity contribution in [2.75, 3.05) is 19.6 Å². The highest BCUT2D eigenvalue weighted by Crippen LogP contribution is 2.19. The number of halogens is 1. The van der Waals surface area contributed by atoms with Crippen LogP contribution in [0.2, 0.25) is 0 Å². The number of nitrogens with zero attached hydrogens (tertiary/aromatic N) is 1. The van der Waals surface area contributed by atoms with Gasteiger partial charge in [0.25, 0.3) is 0 Å². The summed E-state index contributed by atoms with van der Waals surface area (Å²) in [5.41, 5.74) is 1.00. The summed E-state index contributed by atoms with van der Waals surface area (Å²) in [5, 5.41) is 3.04. The summed E-state index contributed by atoms with van der Waals surface area (Å²) in [6.45, 7) is 7.16. The molecule has 2 atom stereocenters. The number of amides is 1. The number of carbonyl (C=O) groups is 1. The molecule has 1 aromatic rings. The molecule has 1 heterocycles. The summed E-state index contributed by atoms with van der Waals surface area (Å²) >= 11 is 0. The molecule has 1 aliphatic heterocycles. The predicted octanol–water partition coefficient (Wildman–Crippen LogP) is 3.31. The molecule has 1 amide bonds.